The fraction of sp³-hybridized carbons (Fsp3) is 0.500. The summed E-state index contributed by atoms with van der Waals surface area (Å²) in [5.74, 6) is 1.24. The van der Waals surface area contributed by atoms with Gasteiger partial charge in [-0.1, -0.05) is 24.6 Å². The molecule has 0 bridgehead atoms. The highest BCUT2D eigenvalue weighted by molar-refractivity contribution is 7.90. The van der Waals surface area contributed by atoms with E-state index in [0.717, 1.165) is 54.4 Å². The molecule has 3 aliphatic rings. The minimum absolute atomic E-state index is 0.270. The van der Waals surface area contributed by atoms with Crippen LogP contribution in [-0.4, -0.2) is 42.5 Å². The smallest absolute Gasteiger partial charge is 0.268 e. The maximum atomic E-state index is 13.7. The summed E-state index contributed by atoms with van der Waals surface area (Å²) in [6.45, 7) is 2.31. The summed E-state index contributed by atoms with van der Waals surface area (Å²) in [4.78, 5) is 2.94. The Hall–Kier alpha value is -2.31. The number of piperidine rings is 1. The molecule has 0 amide bonds. The quantitative estimate of drug-likeness (QED) is 0.456. The molecule has 0 spiro atoms. The summed E-state index contributed by atoms with van der Waals surface area (Å²) in [6, 6.07) is 15.4. The van der Waals surface area contributed by atoms with Crippen molar-refractivity contribution in [1.29, 1.82) is 0 Å². The summed E-state index contributed by atoms with van der Waals surface area (Å²) < 4.78 is 35.2. The first kappa shape index (κ1) is 22.2. The molecule has 3 fully saturated rings. The zero-order chi connectivity index (χ0) is 23.1. The summed E-state index contributed by atoms with van der Waals surface area (Å²) in [6.07, 6.45) is 12.9. The van der Waals surface area contributed by atoms with Crippen LogP contribution in [0.1, 0.15) is 69.3 Å². The Morgan fingerprint density at radius 1 is 0.853 bits per heavy atom. The number of fused-ring (bicyclic) bond motifs is 2. The number of aromatic nitrogens is 1. The van der Waals surface area contributed by atoms with Crippen LogP contribution in [0.3, 0.4) is 0 Å². The molecule has 180 valence electrons. The van der Waals surface area contributed by atoms with Crippen LogP contribution in [-0.2, 0) is 10.0 Å². The average molecular weight is 479 g/mol. The Kier molecular flexibility index (Phi) is 5.90. The Morgan fingerprint density at radius 3 is 2.50 bits per heavy atom. The lowest BCUT2D eigenvalue weighted by atomic mass is 9.85. The minimum atomic E-state index is -3.68. The van der Waals surface area contributed by atoms with Gasteiger partial charge in [0, 0.05) is 17.6 Å². The van der Waals surface area contributed by atoms with Gasteiger partial charge in [0.15, 0.2) is 0 Å². The van der Waals surface area contributed by atoms with Crippen molar-refractivity contribution < 1.29 is 13.2 Å². The Balaban J connectivity index is 1.42. The van der Waals surface area contributed by atoms with Crippen LogP contribution in [0.15, 0.2) is 59.6 Å². The van der Waals surface area contributed by atoms with E-state index < -0.39 is 10.0 Å². The standard InChI is InChI=1S/C28H34N2O3S/c31-34(32,25-11-5-2-6-12-25)30-20-27(21-15-17-29-16-7-8-22(29)18-21)26-19-24(13-14-28(26)30)33-23-9-3-1-4-10-23/h2,5-6,11-14,19-23H,1,3-4,7-10,15-18H2. The second-order valence-electron chi connectivity index (χ2n) is 10.3. The Bertz CT molecular complexity index is 1260. The maximum absolute atomic E-state index is 13.7. The summed E-state index contributed by atoms with van der Waals surface area (Å²) in [7, 11) is -3.68. The zero-order valence-corrected chi connectivity index (χ0v) is 20.6. The van der Waals surface area contributed by atoms with Crippen LogP contribution < -0.4 is 4.74 Å². The van der Waals surface area contributed by atoms with E-state index in [1.807, 2.05) is 24.4 Å². The lowest BCUT2D eigenvalue weighted by Crippen LogP contribution is -2.37. The number of nitrogens with zero attached hydrogens (tertiary/aromatic N) is 2. The van der Waals surface area contributed by atoms with Gasteiger partial charge in [-0.2, -0.15) is 0 Å². The van der Waals surface area contributed by atoms with Crippen molar-refractivity contribution in [1.82, 2.24) is 8.87 Å². The summed E-state index contributed by atoms with van der Waals surface area (Å²) in [5.41, 5.74) is 1.92. The first-order valence-electron chi connectivity index (χ1n) is 13.0. The molecule has 0 radical (unpaired) electrons. The molecule has 2 aromatic carbocycles. The van der Waals surface area contributed by atoms with E-state index in [-0.39, 0.29) is 6.10 Å². The van der Waals surface area contributed by atoms with Gasteiger partial charge in [-0.3, -0.25) is 0 Å². The van der Waals surface area contributed by atoms with Crippen molar-refractivity contribution in [3.63, 3.8) is 0 Å². The van der Waals surface area contributed by atoms with Crippen molar-refractivity contribution in [2.24, 2.45) is 0 Å². The molecule has 1 aromatic heterocycles. The molecule has 0 N–H and O–H groups in total. The van der Waals surface area contributed by atoms with Gasteiger partial charge in [-0.15, -0.1) is 0 Å². The molecular formula is C28H34N2O3S. The van der Waals surface area contributed by atoms with Crippen molar-refractivity contribution in [3.05, 3.63) is 60.3 Å². The third kappa shape index (κ3) is 4.05. The molecular weight excluding hydrogens is 444 g/mol. The second-order valence-corrected chi connectivity index (χ2v) is 12.1. The second kappa shape index (κ2) is 9.04. The molecule has 6 rings (SSSR count). The molecule has 1 aliphatic carbocycles. The van der Waals surface area contributed by atoms with E-state index in [0.29, 0.717) is 16.9 Å². The predicted molar refractivity (Wildman–Crippen MR) is 135 cm³/mol. The maximum Gasteiger partial charge on any atom is 0.268 e. The average Bonchev–Trinajstić information content (AvgIpc) is 3.49. The van der Waals surface area contributed by atoms with Crippen LogP contribution >= 0.6 is 0 Å². The molecule has 2 saturated heterocycles. The molecule has 3 heterocycles. The van der Waals surface area contributed by atoms with Gasteiger partial charge in [0.05, 0.1) is 16.5 Å². The third-order valence-corrected chi connectivity index (χ3v) is 9.88. The van der Waals surface area contributed by atoms with Crippen LogP contribution in [0.25, 0.3) is 10.9 Å². The van der Waals surface area contributed by atoms with E-state index in [1.54, 1.807) is 24.3 Å². The first-order chi connectivity index (χ1) is 16.6. The van der Waals surface area contributed by atoms with Crippen LogP contribution in [0, 0.1) is 0 Å². The topological polar surface area (TPSA) is 51.5 Å². The van der Waals surface area contributed by atoms with Crippen LogP contribution in [0.4, 0.5) is 0 Å². The largest absolute Gasteiger partial charge is 0.490 e. The van der Waals surface area contributed by atoms with Gasteiger partial charge < -0.3 is 9.64 Å². The van der Waals surface area contributed by atoms with Crippen molar-refractivity contribution >= 4 is 20.9 Å². The number of rotatable bonds is 5. The monoisotopic (exact) mass is 478 g/mol. The van der Waals surface area contributed by atoms with E-state index in [4.69, 9.17) is 4.74 Å². The zero-order valence-electron chi connectivity index (χ0n) is 19.7. The number of hydrogen-bond acceptors (Lipinski definition) is 4. The molecule has 1 saturated carbocycles. The predicted octanol–water partition coefficient (Wildman–Crippen LogP) is 5.93. The van der Waals surface area contributed by atoms with Crippen molar-refractivity contribution in [3.8, 4) is 5.75 Å². The summed E-state index contributed by atoms with van der Waals surface area (Å²) >= 11 is 0. The van der Waals surface area contributed by atoms with Crippen molar-refractivity contribution in [2.45, 2.75) is 80.7 Å². The van der Waals surface area contributed by atoms with E-state index in [1.165, 1.54) is 42.6 Å². The Labute approximate surface area is 202 Å². The molecule has 34 heavy (non-hydrogen) atoms. The van der Waals surface area contributed by atoms with Gasteiger partial charge in [0.2, 0.25) is 0 Å². The van der Waals surface area contributed by atoms with Gasteiger partial charge in [-0.25, -0.2) is 12.4 Å². The van der Waals surface area contributed by atoms with Gasteiger partial charge in [0.25, 0.3) is 10.0 Å². The fourth-order valence-electron chi connectivity index (χ4n) is 6.39. The molecule has 2 atom stereocenters. The normalized spacial score (nSPS) is 24.4. The van der Waals surface area contributed by atoms with Crippen LogP contribution in [0.5, 0.6) is 5.75 Å². The number of ether oxygens (including phenoxy) is 1. The number of hydrogen-bond donors (Lipinski definition) is 0. The third-order valence-electron chi connectivity index (χ3n) is 8.19. The van der Waals surface area contributed by atoms with E-state index in [2.05, 4.69) is 11.0 Å². The van der Waals surface area contributed by atoms with E-state index in [9.17, 15) is 8.42 Å². The Morgan fingerprint density at radius 2 is 1.68 bits per heavy atom. The highest BCUT2D eigenvalue weighted by Crippen LogP contribution is 2.41. The SMILES string of the molecule is O=S(=O)(c1ccccc1)n1cc(C2CCN3CCCC3C2)c2cc(OC3CCCCC3)ccc21. The fourth-order valence-corrected chi connectivity index (χ4v) is 7.79. The minimum Gasteiger partial charge on any atom is -0.490 e. The highest BCUT2D eigenvalue weighted by Gasteiger charge is 2.34. The lowest BCUT2D eigenvalue weighted by molar-refractivity contribution is 0.155. The van der Waals surface area contributed by atoms with Gasteiger partial charge in [-0.05, 0) is 106 Å². The molecule has 2 aliphatic heterocycles. The van der Waals surface area contributed by atoms with Crippen molar-refractivity contribution in [2.75, 3.05) is 13.1 Å². The summed E-state index contributed by atoms with van der Waals surface area (Å²) in [5, 5.41) is 1.03. The molecule has 3 aromatic rings. The highest BCUT2D eigenvalue weighted by atomic mass is 32.2. The van der Waals surface area contributed by atoms with E-state index >= 15 is 0 Å². The molecule has 5 nitrogen and oxygen atoms in total. The van der Waals surface area contributed by atoms with Crippen LogP contribution in [0.2, 0.25) is 0 Å². The first-order valence-corrected chi connectivity index (χ1v) is 14.4. The molecule has 6 heteroatoms. The number of benzene rings is 2. The lowest BCUT2D eigenvalue weighted by Gasteiger charge is -2.34. The molecule has 2 unspecified atom stereocenters. The van der Waals surface area contributed by atoms with Gasteiger partial charge >= 0.3 is 0 Å². The van der Waals surface area contributed by atoms with Gasteiger partial charge in [0.1, 0.15) is 5.75 Å².